The van der Waals surface area contributed by atoms with E-state index in [1.54, 1.807) is 0 Å². The molecule has 0 saturated carbocycles. The van der Waals surface area contributed by atoms with E-state index in [1.165, 1.54) is 0 Å². The van der Waals surface area contributed by atoms with Crippen LogP contribution in [0.5, 0.6) is 0 Å². The number of hydrogen-bond donors (Lipinski definition) is 0. The molecule has 0 fully saturated rings. The lowest BCUT2D eigenvalue weighted by molar-refractivity contribution is 0.102. The van der Waals surface area contributed by atoms with Gasteiger partial charge in [-0.05, 0) is 54.0 Å². The minimum absolute atomic E-state index is 0.00854. The van der Waals surface area contributed by atoms with Crippen molar-refractivity contribution in [1.29, 1.82) is 0 Å². The van der Waals surface area contributed by atoms with Gasteiger partial charge in [-0.1, -0.05) is 11.6 Å². The van der Waals surface area contributed by atoms with E-state index in [2.05, 4.69) is 15.9 Å². The van der Waals surface area contributed by atoms with Crippen LogP contribution in [0.25, 0.3) is 5.69 Å². The minimum Gasteiger partial charge on any atom is -0.318 e. The minimum atomic E-state index is -0.0655. The molecular formula is C14H12BrCl2NO. The molecule has 0 aliphatic rings. The van der Waals surface area contributed by atoms with Crippen molar-refractivity contribution in [2.45, 2.75) is 13.8 Å². The molecule has 0 unspecified atom stereocenters. The van der Waals surface area contributed by atoms with Crippen LogP contribution < -0.4 is 0 Å². The van der Waals surface area contributed by atoms with Gasteiger partial charge in [0.1, 0.15) is 0 Å². The van der Waals surface area contributed by atoms with Gasteiger partial charge in [0.25, 0.3) is 0 Å². The van der Waals surface area contributed by atoms with Gasteiger partial charge in [0.2, 0.25) is 0 Å². The number of carbonyl (C=O) groups excluding carboxylic acids is 1. The van der Waals surface area contributed by atoms with E-state index in [0.717, 1.165) is 21.5 Å². The number of aromatic nitrogens is 1. The van der Waals surface area contributed by atoms with Crippen molar-refractivity contribution in [3.63, 3.8) is 0 Å². The zero-order valence-corrected chi connectivity index (χ0v) is 13.6. The molecular weight excluding hydrogens is 349 g/mol. The second-order valence-corrected chi connectivity index (χ2v) is 5.80. The number of carbonyl (C=O) groups is 1. The van der Waals surface area contributed by atoms with E-state index >= 15 is 0 Å². The highest BCUT2D eigenvalue weighted by atomic mass is 79.9. The third-order valence-electron chi connectivity index (χ3n) is 3.01. The fourth-order valence-corrected chi connectivity index (χ4v) is 2.70. The zero-order valence-electron chi connectivity index (χ0n) is 10.5. The average molecular weight is 361 g/mol. The summed E-state index contributed by atoms with van der Waals surface area (Å²) in [6.07, 6.45) is 0. The third-order valence-corrected chi connectivity index (χ3v) is 4.49. The summed E-state index contributed by atoms with van der Waals surface area (Å²) >= 11 is 15.1. The third kappa shape index (κ3) is 2.73. The van der Waals surface area contributed by atoms with Gasteiger partial charge in [-0.2, -0.15) is 0 Å². The van der Waals surface area contributed by atoms with E-state index < -0.39 is 0 Å². The van der Waals surface area contributed by atoms with E-state index in [1.807, 2.05) is 42.7 Å². The van der Waals surface area contributed by atoms with Crippen LogP contribution in [0.4, 0.5) is 0 Å². The Labute approximate surface area is 130 Å². The summed E-state index contributed by atoms with van der Waals surface area (Å²) in [7, 11) is 0. The first-order chi connectivity index (χ1) is 8.95. The Morgan fingerprint density at radius 3 is 2.58 bits per heavy atom. The highest BCUT2D eigenvalue weighted by molar-refractivity contribution is 9.10. The van der Waals surface area contributed by atoms with Crippen LogP contribution in [0.2, 0.25) is 5.02 Å². The largest absolute Gasteiger partial charge is 0.318 e. The summed E-state index contributed by atoms with van der Waals surface area (Å²) in [6, 6.07) is 7.56. The Bertz CT molecular complexity index is 649. The van der Waals surface area contributed by atoms with Crippen molar-refractivity contribution >= 4 is 44.9 Å². The molecule has 5 heteroatoms. The maximum Gasteiger partial charge on any atom is 0.179 e. The molecule has 100 valence electrons. The van der Waals surface area contributed by atoms with Crippen LogP contribution in [0.1, 0.15) is 21.7 Å². The predicted octanol–water partition coefficient (Wildman–Crippen LogP) is 4.93. The van der Waals surface area contributed by atoms with Crippen LogP contribution in [-0.2, 0) is 0 Å². The van der Waals surface area contributed by atoms with E-state index in [-0.39, 0.29) is 11.7 Å². The monoisotopic (exact) mass is 359 g/mol. The number of benzene rings is 1. The van der Waals surface area contributed by atoms with Crippen LogP contribution in [0.15, 0.2) is 28.7 Å². The summed E-state index contributed by atoms with van der Waals surface area (Å²) in [4.78, 5) is 11.8. The molecule has 0 bridgehead atoms. The first kappa shape index (κ1) is 14.6. The molecule has 0 radical (unpaired) electrons. The van der Waals surface area contributed by atoms with Crippen LogP contribution in [0, 0.1) is 13.8 Å². The van der Waals surface area contributed by atoms with Gasteiger partial charge in [-0.25, -0.2) is 0 Å². The molecule has 0 aliphatic carbocycles. The van der Waals surface area contributed by atoms with E-state index in [9.17, 15) is 4.79 Å². The van der Waals surface area contributed by atoms with Gasteiger partial charge in [0, 0.05) is 27.1 Å². The van der Waals surface area contributed by atoms with Crippen molar-refractivity contribution < 1.29 is 4.79 Å². The molecule has 0 spiro atoms. The van der Waals surface area contributed by atoms with Crippen molar-refractivity contribution in [2.24, 2.45) is 0 Å². The number of Topliss-reactive ketones (excluding diaryl/α,β-unsaturated/α-hetero) is 1. The molecule has 19 heavy (non-hydrogen) atoms. The smallest absolute Gasteiger partial charge is 0.179 e. The Kier molecular flexibility index (Phi) is 4.39. The van der Waals surface area contributed by atoms with Crippen molar-refractivity contribution in [3.05, 3.63) is 50.7 Å². The first-order valence-electron chi connectivity index (χ1n) is 5.69. The molecule has 0 saturated heterocycles. The standard InChI is InChI=1S/C14H12BrCl2NO/c1-8-5-11(14(19)7-16)9(2)18(8)10-3-4-12(15)13(17)6-10/h3-6H,7H2,1-2H3. The molecule has 1 aromatic carbocycles. The Hall–Kier alpha value is -0.770. The highest BCUT2D eigenvalue weighted by Crippen LogP contribution is 2.28. The van der Waals surface area contributed by atoms with Crippen LogP contribution >= 0.6 is 39.1 Å². The topological polar surface area (TPSA) is 22.0 Å². The normalized spacial score (nSPS) is 10.8. The van der Waals surface area contributed by atoms with E-state index in [0.29, 0.717) is 10.6 Å². The second-order valence-electron chi connectivity index (χ2n) is 4.28. The Morgan fingerprint density at radius 2 is 2.00 bits per heavy atom. The molecule has 1 aromatic heterocycles. The molecule has 2 aromatic rings. The number of halogens is 3. The van der Waals surface area contributed by atoms with Gasteiger partial charge in [-0.3, -0.25) is 4.79 Å². The summed E-state index contributed by atoms with van der Waals surface area (Å²) < 4.78 is 2.84. The number of alkyl halides is 1. The van der Waals surface area contributed by atoms with Crippen LogP contribution in [0.3, 0.4) is 0 Å². The Balaban J connectivity index is 2.59. The lowest BCUT2D eigenvalue weighted by atomic mass is 10.2. The number of aryl methyl sites for hydroxylation is 1. The molecule has 0 aliphatic heterocycles. The van der Waals surface area contributed by atoms with Crippen molar-refractivity contribution in [1.82, 2.24) is 4.57 Å². The number of ketones is 1. The number of nitrogens with zero attached hydrogens (tertiary/aromatic N) is 1. The van der Waals surface area contributed by atoms with E-state index in [4.69, 9.17) is 23.2 Å². The summed E-state index contributed by atoms with van der Waals surface area (Å²) in [5.41, 5.74) is 3.44. The summed E-state index contributed by atoms with van der Waals surface area (Å²) in [6.45, 7) is 3.86. The van der Waals surface area contributed by atoms with Gasteiger partial charge in [0.05, 0.1) is 10.9 Å². The molecule has 0 N–H and O–H groups in total. The molecule has 2 rings (SSSR count). The van der Waals surface area contributed by atoms with Crippen molar-refractivity contribution in [3.8, 4) is 5.69 Å². The SMILES string of the molecule is Cc1cc(C(=O)CCl)c(C)n1-c1ccc(Br)c(Cl)c1. The first-order valence-corrected chi connectivity index (χ1v) is 7.39. The molecule has 0 atom stereocenters. The molecule has 0 amide bonds. The van der Waals surface area contributed by atoms with Crippen LogP contribution in [-0.4, -0.2) is 16.2 Å². The fraction of sp³-hybridized carbons (Fsp3) is 0.214. The number of rotatable bonds is 3. The quantitative estimate of drug-likeness (QED) is 0.561. The maximum absolute atomic E-state index is 11.8. The summed E-state index contributed by atoms with van der Waals surface area (Å²) in [5, 5.41) is 0.634. The highest BCUT2D eigenvalue weighted by Gasteiger charge is 2.16. The summed E-state index contributed by atoms with van der Waals surface area (Å²) in [5.74, 6) is -0.0741. The fourth-order valence-electron chi connectivity index (χ4n) is 2.14. The lowest BCUT2D eigenvalue weighted by Gasteiger charge is -2.10. The lowest BCUT2D eigenvalue weighted by Crippen LogP contribution is -2.04. The second kappa shape index (κ2) is 5.70. The van der Waals surface area contributed by atoms with Crippen molar-refractivity contribution in [2.75, 3.05) is 5.88 Å². The Morgan fingerprint density at radius 1 is 1.32 bits per heavy atom. The van der Waals surface area contributed by atoms with Gasteiger partial charge in [0.15, 0.2) is 5.78 Å². The zero-order chi connectivity index (χ0) is 14.2. The van der Waals surface area contributed by atoms with Gasteiger partial charge < -0.3 is 4.57 Å². The molecule has 1 heterocycles. The van der Waals surface area contributed by atoms with Gasteiger partial charge in [-0.15, -0.1) is 11.6 Å². The average Bonchev–Trinajstić information content (AvgIpc) is 2.68. The number of hydrogen-bond acceptors (Lipinski definition) is 1. The maximum atomic E-state index is 11.8. The van der Waals surface area contributed by atoms with Gasteiger partial charge >= 0.3 is 0 Å². The molecule has 2 nitrogen and oxygen atoms in total. The predicted molar refractivity (Wildman–Crippen MR) is 83.0 cm³/mol.